The highest BCUT2D eigenvalue weighted by Crippen LogP contribution is 2.31. The van der Waals surface area contributed by atoms with Crippen molar-refractivity contribution in [2.45, 2.75) is 13.1 Å². The van der Waals surface area contributed by atoms with Crippen molar-refractivity contribution >= 4 is 18.0 Å². The van der Waals surface area contributed by atoms with Crippen LogP contribution in [0.5, 0.6) is 5.75 Å². The van der Waals surface area contributed by atoms with Crippen molar-refractivity contribution in [3.63, 3.8) is 0 Å². The van der Waals surface area contributed by atoms with E-state index in [0.29, 0.717) is 0 Å². The maximum absolute atomic E-state index is 12.5. The summed E-state index contributed by atoms with van der Waals surface area (Å²) in [4.78, 5) is 33.5. The van der Waals surface area contributed by atoms with Gasteiger partial charge in [0.2, 0.25) is 0 Å². The third-order valence-corrected chi connectivity index (χ3v) is 2.40. The van der Waals surface area contributed by atoms with Gasteiger partial charge in [-0.2, -0.15) is 13.2 Å². The van der Waals surface area contributed by atoms with Crippen LogP contribution in [0, 0.1) is 0 Å². The summed E-state index contributed by atoms with van der Waals surface area (Å²) in [5, 5.41) is 1.79. The van der Waals surface area contributed by atoms with Crippen molar-refractivity contribution in [3.8, 4) is 5.75 Å². The molecule has 0 bridgehead atoms. The zero-order valence-electron chi connectivity index (χ0n) is 12.5. The zero-order chi connectivity index (χ0) is 18.2. The van der Waals surface area contributed by atoms with Gasteiger partial charge in [-0.3, -0.25) is 10.1 Å². The van der Waals surface area contributed by atoms with Gasteiger partial charge in [-0.05, 0) is 25.1 Å². The van der Waals surface area contributed by atoms with Crippen LogP contribution in [-0.4, -0.2) is 37.8 Å². The van der Waals surface area contributed by atoms with Crippen LogP contribution >= 0.6 is 0 Å². The summed E-state index contributed by atoms with van der Waals surface area (Å²) in [5.41, 5.74) is -0.929. The van der Waals surface area contributed by atoms with Crippen LogP contribution in [-0.2, 0) is 25.2 Å². The van der Waals surface area contributed by atoms with E-state index in [1.165, 1.54) is 13.0 Å². The lowest BCUT2D eigenvalue weighted by atomic mass is 10.2. The summed E-state index contributed by atoms with van der Waals surface area (Å²) in [7, 11) is 0. The Labute approximate surface area is 134 Å². The molecular formula is C14H14F3NO6. The molecule has 0 radical (unpaired) electrons. The molecule has 10 heteroatoms. The molecule has 7 nitrogen and oxygen atoms in total. The van der Waals surface area contributed by atoms with Crippen LogP contribution in [0.4, 0.5) is 18.0 Å². The van der Waals surface area contributed by atoms with E-state index in [0.717, 1.165) is 18.2 Å². The summed E-state index contributed by atoms with van der Waals surface area (Å²) in [6.45, 7) is 0.135. The molecule has 1 aromatic rings. The molecule has 132 valence electrons. The molecule has 0 heterocycles. The molecule has 0 unspecified atom stereocenters. The highest BCUT2D eigenvalue weighted by Gasteiger charge is 2.30. The van der Waals surface area contributed by atoms with Gasteiger partial charge in [0.25, 0.3) is 5.91 Å². The summed E-state index contributed by atoms with van der Waals surface area (Å²) >= 11 is 0. The first-order valence-corrected chi connectivity index (χ1v) is 6.64. The van der Waals surface area contributed by atoms with E-state index >= 15 is 0 Å². The Balaban J connectivity index is 2.39. The van der Waals surface area contributed by atoms with Crippen molar-refractivity contribution in [3.05, 3.63) is 29.8 Å². The van der Waals surface area contributed by atoms with Crippen LogP contribution in [0.3, 0.4) is 0 Å². The lowest BCUT2D eigenvalue weighted by Gasteiger charge is -2.10. The number of benzene rings is 1. The highest BCUT2D eigenvalue weighted by molar-refractivity contribution is 5.93. The largest absolute Gasteiger partial charge is 0.482 e. The monoisotopic (exact) mass is 349 g/mol. The van der Waals surface area contributed by atoms with E-state index in [4.69, 9.17) is 4.74 Å². The van der Waals surface area contributed by atoms with Crippen molar-refractivity contribution in [1.82, 2.24) is 5.32 Å². The average Bonchev–Trinajstić information content (AvgIpc) is 2.50. The Morgan fingerprint density at radius 1 is 1.12 bits per heavy atom. The number of alkyl halides is 3. The summed E-state index contributed by atoms with van der Waals surface area (Å²) in [6.07, 6.45) is -5.52. The number of amides is 2. The molecule has 0 aliphatic heterocycles. The van der Waals surface area contributed by atoms with Crippen molar-refractivity contribution in [2.75, 3.05) is 19.8 Å². The van der Waals surface area contributed by atoms with E-state index in [1.807, 2.05) is 0 Å². The second kappa shape index (κ2) is 8.75. The summed E-state index contributed by atoms with van der Waals surface area (Å²) in [6, 6.07) is 3.93. The zero-order valence-corrected chi connectivity index (χ0v) is 12.5. The van der Waals surface area contributed by atoms with Crippen molar-refractivity contribution in [2.24, 2.45) is 0 Å². The van der Waals surface area contributed by atoms with Gasteiger partial charge in [-0.15, -0.1) is 0 Å². The Morgan fingerprint density at radius 3 is 2.46 bits per heavy atom. The van der Waals surface area contributed by atoms with Crippen LogP contribution in [0.25, 0.3) is 0 Å². The molecule has 0 saturated carbocycles. The number of nitrogens with one attached hydrogen (secondary N) is 1. The van der Waals surface area contributed by atoms with E-state index < -0.39 is 42.9 Å². The summed E-state index contributed by atoms with van der Waals surface area (Å²) in [5.74, 6) is -2.09. The van der Waals surface area contributed by atoms with E-state index in [1.54, 1.807) is 5.32 Å². The lowest BCUT2D eigenvalue weighted by Crippen LogP contribution is -2.35. The number of rotatable bonds is 6. The molecule has 1 rings (SSSR count). The van der Waals surface area contributed by atoms with Gasteiger partial charge in [-0.1, -0.05) is 6.07 Å². The van der Waals surface area contributed by atoms with Gasteiger partial charge in [0.05, 0.1) is 12.2 Å². The summed E-state index contributed by atoms with van der Waals surface area (Å²) < 4.78 is 51.3. The van der Waals surface area contributed by atoms with Gasteiger partial charge in [0.15, 0.2) is 13.2 Å². The van der Waals surface area contributed by atoms with Gasteiger partial charge in [-0.25, -0.2) is 9.59 Å². The molecule has 1 N–H and O–H groups in total. The molecule has 0 saturated heterocycles. The number of ether oxygens (including phenoxy) is 3. The molecule has 0 aromatic heterocycles. The Bertz CT molecular complexity index is 602. The average molecular weight is 349 g/mol. The minimum atomic E-state index is -4.54. The number of hydrogen-bond donors (Lipinski definition) is 1. The molecule has 2 amide bonds. The topological polar surface area (TPSA) is 90.9 Å². The standard InChI is InChI=1S/C14H14F3NO6/c1-2-22-13(21)18-11(19)7-24-12(20)8-23-10-5-3-4-9(6-10)14(15,16)17/h3-6H,2,7-8H2,1H3,(H,18,19,21). The number of hydrogen-bond acceptors (Lipinski definition) is 6. The predicted octanol–water partition coefficient (Wildman–Crippen LogP) is 1.90. The van der Waals surface area contributed by atoms with Crippen LogP contribution < -0.4 is 10.1 Å². The van der Waals surface area contributed by atoms with Gasteiger partial charge >= 0.3 is 18.2 Å². The second-order valence-electron chi connectivity index (χ2n) is 4.24. The first-order chi connectivity index (χ1) is 11.2. The lowest BCUT2D eigenvalue weighted by molar-refractivity contribution is -0.150. The maximum Gasteiger partial charge on any atom is 0.416 e. The second-order valence-corrected chi connectivity index (χ2v) is 4.24. The predicted molar refractivity (Wildman–Crippen MR) is 73.1 cm³/mol. The van der Waals surface area contributed by atoms with Gasteiger partial charge in [0, 0.05) is 0 Å². The number of carbonyl (C=O) groups excluding carboxylic acids is 3. The molecule has 24 heavy (non-hydrogen) atoms. The molecular weight excluding hydrogens is 335 g/mol. The number of carbonyl (C=O) groups is 3. The van der Waals surface area contributed by atoms with E-state index in [9.17, 15) is 27.6 Å². The molecule has 0 aliphatic rings. The molecule has 1 aromatic carbocycles. The Hall–Kier alpha value is -2.78. The van der Waals surface area contributed by atoms with Crippen LogP contribution in [0.2, 0.25) is 0 Å². The third kappa shape index (κ3) is 6.99. The van der Waals surface area contributed by atoms with Crippen LogP contribution in [0.15, 0.2) is 24.3 Å². The number of esters is 1. The maximum atomic E-state index is 12.5. The molecule has 0 fully saturated rings. The fourth-order valence-corrected chi connectivity index (χ4v) is 1.41. The van der Waals surface area contributed by atoms with Gasteiger partial charge < -0.3 is 14.2 Å². The number of imide groups is 1. The fourth-order valence-electron chi connectivity index (χ4n) is 1.41. The van der Waals surface area contributed by atoms with E-state index in [-0.39, 0.29) is 12.4 Å². The van der Waals surface area contributed by atoms with Crippen LogP contribution in [0.1, 0.15) is 12.5 Å². The Morgan fingerprint density at radius 2 is 1.83 bits per heavy atom. The highest BCUT2D eigenvalue weighted by atomic mass is 19.4. The number of alkyl carbamates (subject to hydrolysis) is 1. The minimum absolute atomic E-state index is 0.0593. The molecule has 0 atom stereocenters. The SMILES string of the molecule is CCOC(=O)NC(=O)COC(=O)COc1cccc(C(F)(F)F)c1. The third-order valence-electron chi connectivity index (χ3n) is 2.40. The first kappa shape index (κ1) is 19.3. The van der Waals surface area contributed by atoms with Gasteiger partial charge in [0.1, 0.15) is 5.75 Å². The van der Waals surface area contributed by atoms with Crippen molar-refractivity contribution in [1.29, 1.82) is 0 Å². The fraction of sp³-hybridized carbons (Fsp3) is 0.357. The quantitative estimate of drug-likeness (QED) is 0.789. The first-order valence-electron chi connectivity index (χ1n) is 6.64. The Kier molecular flexibility index (Phi) is 7.02. The minimum Gasteiger partial charge on any atom is -0.482 e. The normalized spacial score (nSPS) is 10.7. The van der Waals surface area contributed by atoms with E-state index in [2.05, 4.69) is 9.47 Å². The smallest absolute Gasteiger partial charge is 0.416 e. The molecule has 0 spiro atoms. The molecule has 0 aliphatic carbocycles. The number of halogens is 3. The van der Waals surface area contributed by atoms with Crippen molar-refractivity contribution < 1.29 is 41.8 Å².